The second-order valence-electron chi connectivity index (χ2n) is 6.31. The first-order valence-corrected chi connectivity index (χ1v) is 9.77. The van der Waals surface area contributed by atoms with E-state index in [2.05, 4.69) is 5.32 Å². The summed E-state index contributed by atoms with van der Waals surface area (Å²) in [6, 6.07) is 4.65. The van der Waals surface area contributed by atoms with Gasteiger partial charge in [-0.1, -0.05) is 26.0 Å². The highest BCUT2D eigenvalue weighted by molar-refractivity contribution is 7.51. The van der Waals surface area contributed by atoms with Gasteiger partial charge >= 0.3 is 19.6 Å². The third-order valence-electron chi connectivity index (χ3n) is 3.42. The number of nitrogens with zero attached hydrogens (tertiary/aromatic N) is 1. The molecule has 0 spiro atoms. The molecule has 0 unspecified atom stereocenters. The molecule has 0 aliphatic rings. The molecule has 2 amide bonds. The molecule has 0 radical (unpaired) electrons. The zero-order chi connectivity index (χ0) is 19.9. The summed E-state index contributed by atoms with van der Waals surface area (Å²) >= 11 is 0. The van der Waals surface area contributed by atoms with Crippen molar-refractivity contribution in [3.8, 4) is 5.75 Å². The molecule has 9 nitrogen and oxygen atoms in total. The fourth-order valence-electron chi connectivity index (χ4n) is 2.31. The van der Waals surface area contributed by atoms with Crippen molar-refractivity contribution in [1.82, 2.24) is 10.2 Å². The van der Waals surface area contributed by atoms with Crippen molar-refractivity contribution in [2.75, 3.05) is 19.9 Å². The first-order valence-electron chi connectivity index (χ1n) is 7.97. The van der Waals surface area contributed by atoms with Crippen molar-refractivity contribution in [2.24, 2.45) is 5.92 Å². The number of nitrogens with one attached hydrogen (secondary N) is 1. The van der Waals surface area contributed by atoms with Crippen molar-refractivity contribution in [2.45, 2.75) is 26.3 Å². The molecule has 1 aromatic carbocycles. The standard InChI is InChI=1S/C16H25N2O7P/c1-11(2)9-18(10-26(22,23)24)16(21)17-14(15(19)20)8-12-4-6-13(25-3)7-5-12/h4-7,11,14H,8-10H2,1-3H3,(H,17,21)(H,19,20)(H2,22,23,24)/t14-/m0/s1. The zero-order valence-electron chi connectivity index (χ0n) is 15.0. The summed E-state index contributed by atoms with van der Waals surface area (Å²) in [7, 11) is -2.96. The topological polar surface area (TPSA) is 136 Å². The lowest BCUT2D eigenvalue weighted by molar-refractivity contribution is -0.139. The molecule has 0 aliphatic carbocycles. The van der Waals surface area contributed by atoms with E-state index in [1.54, 1.807) is 38.1 Å². The molecule has 0 saturated carbocycles. The van der Waals surface area contributed by atoms with Gasteiger partial charge in [-0.2, -0.15) is 0 Å². The van der Waals surface area contributed by atoms with Crippen LogP contribution in [0.4, 0.5) is 4.79 Å². The number of aliphatic carboxylic acids is 1. The number of methoxy groups -OCH3 is 1. The van der Waals surface area contributed by atoms with E-state index in [4.69, 9.17) is 14.5 Å². The Balaban J connectivity index is 2.86. The highest BCUT2D eigenvalue weighted by atomic mass is 31.2. The number of rotatable bonds is 9. The lowest BCUT2D eigenvalue weighted by atomic mass is 10.1. The van der Waals surface area contributed by atoms with Gasteiger partial charge in [-0.25, -0.2) is 9.59 Å². The van der Waals surface area contributed by atoms with Crippen LogP contribution in [-0.4, -0.2) is 57.8 Å². The summed E-state index contributed by atoms with van der Waals surface area (Å²) in [6.07, 6.45) is -0.748. The number of hydrogen-bond acceptors (Lipinski definition) is 4. The molecule has 26 heavy (non-hydrogen) atoms. The van der Waals surface area contributed by atoms with Gasteiger partial charge in [0.25, 0.3) is 0 Å². The molecule has 0 bridgehead atoms. The summed E-state index contributed by atoms with van der Waals surface area (Å²) in [5.41, 5.74) is 0.670. The lowest BCUT2D eigenvalue weighted by Crippen LogP contribution is -2.50. The van der Waals surface area contributed by atoms with Crippen LogP contribution in [0.2, 0.25) is 0 Å². The quantitative estimate of drug-likeness (QED) is 0.471. The van der Waals surface area contributed by atoms with Crippen molar-refractivity contribution in [3.63, 3.8) is 0 Å². The second kappa shape index (κ2) is 9.56. The van der Waals surface area contributed by atoms with Crippen molar-refractivity contribution in [1.29, 1.82) is 0 Å². The molecule has 146 valence electrons. The van der Waals surface area contributed by atoms with Crippen LogP contribution >= 0.6 is 7.60 Å². The zero-order valence-corrected chi connectivity index (χ0v) is 15.8. The van der Waals surface area contributed by atoms with E-state index >= 15 is 0 Å². The Morgan fingerprint density at radius 1 is 1.23 bits per heavy atom. The van der Waals surface area contributed by atoms with Gasteiger partial charge in [-0.15, -0.1) is 0 Å². The Bertz CT molecular complexity index is 657. The van der Waals surface area contributed by atoms with Crippen LogP contribution in [0.25, 0.3) is 0 Å². The fourth-order valence-corrected chi connectivity index (χ4v) is 2.99. The minimum Gasteiger partial charge on any atom is -0.497 e. The van der Waals surface area contributed by atoms with E-state index in [1.165, 1.54) is 7.11 Å². The molecule has 0 saturated heterocycles. The molecular formula is C16H25N2O7P. The van der Waals surface area contributed by atoms with Gasteiger partial charge < -0.3 is 29.8 Å². The van der Waals surface area contributed by atoms with E-state index < -0.39 is 31.9 Å². The number of ether oxygens (including phenoxy) is 1. The van der Waals surface area contributed by atoms with Crippen LogP contribution in [0.3, 0.4) is 0 Å². The smallest absolute Gasteiger partial charge is 0.344 e. The van der Waals surface area contributed by atoms with E-state index in [-0.39, 0.29) is 18.9 Å². The first-order chi connectivity index (χ1) is 12.0. The predicted molar refractivity (Wildman–Crippen MR) is 95.1 cm³/mol. The summed E-state index contributed by atoms with van der Waals surface area (Å²) in [4.78, 5) is 43.0. The van der Waals surface area contributed by atoms with Crippen LogP contribution in [0.15, 0.2) is 24.3 Å². The maximum atomic E-state index is 12.4. The van der Waals surface area contributed by atoms with Gasteiger partial charge in [0, 0.05) is 13.0 Å². The van der Waals surface area contributed by atoms with Crippen LogP contribution in [-0.2, 0) is 15.8 Å². The van der Waals surface area contributed by atoms with Crippen LogP contribution in [0.1, 0.15) is 19.4 Å². The average molecular weight is 388 g/mol. The number of hydrogen-bond donors (Lipinski definition) is 4. The minimum atomic E-state index is -4.47. The minimum absolute atomic E-state index is 0.0243. The number of carboxylic acid groups (broad SMARTS) is 1. The van der Waals surface area contributed by atoms with Gasteiger partial charge in [0.05, 0.1) is 7.11 Å². The molecule has 1 atom stereocenters. The molecule has 0 fully saturated rings. The monoisotopic (exact) mass is 388 g/mol. The summed E-state index contributed by atoms with van der Waals surface area (Å²) in [5, 5.41) is 11.7. The molecule has 0 aromatic heterocycles. The molecule has 0 aliphatic heterocycles. The van der Waals surface area contributed by atoms with Crippen molar-refractivity contribution in [3.05, 3.63) is 29.8 Å². The average Bonchev–Trinajstić information content (AvgIpc) is 2.52. The number of carbonyl (C=O) groups is 2. The number of urea groups is 1. The van der Waals surface area contributed by atoms with Gasteiger partial charge in [-0.3, -0.25) is 4.57 Å². The molecular weight excluding hydrogens is 363 g/mol. The molecule has 0 heterocycles. The van der Waals surface area contributed by atoms with Crippen molar-refractivity contribution < 1.29 is 33.8 Å². The van der Waals surface area contributed by atoms with Crippen LogP contribution in [0.5, 0.6) is 5.75 Å². The molecule has 10 heteroatoms. The highest BCUT2D eigenvalue weighted by Gasteiger charge is 2.28. The summed E-state index contributed by atoms with van der Waals surface area (Å²) in [6.45, 7) is 3.66. The Labute approximate surface area is 152 Å². The van der Waals surface area contributed by atoms with Gasteiger partial charge in [0.15, 0.2) is 0 Å². The van der Waals surface area contributed by atoms with Gasteiger partial charge in [0.1, 0.15) is 18.1 Å². The number of amides is 2. The maximum Gasteiger partial charge on any atom is 0.344 e. The SMILES string of the molecule is COc1ccc(C[C@H](NC(=O)N(CC(C)C)CP(=O)(O)O)C(=O)O)cc1. The van der Waals surface area contributed by atoms with Gasteiger partial charge in [0.2, 0.25) is 0 Å². The van der Waals surface area contributed by atoms with Crippen LogP contribution < -0.4 is 10.1 Å². The summed E-state index contributed by atoms with van der Waals surface area (Å²) in [5.74, 6) is -0.665. The molecule has 1 aromatic rings. The predicted octanol–water partition coefficient (Wildman–Crippen LogP) is 1.49. The largest absolute Gasteiger partial charge is 0.497 e. The first kappa shape index (κ1) is 22.0. The highest BCUT2D eigenvalue weighted by Crippen LogP contribution is 2.35. The van der Waals surface area contributed by atoms with E-state index in [0.29, 0.717) is 11.3 Å². The van der Waals surface area contributed by atoms with Crippen LogP contribution in [0, 0.1) is 5.92 Å². The number of carbonyl (C=O) groups excluding carboxylic acids is 1. The normalized spacial score (nSPS) is 12.5. The molecule has 4 N–H and O–H groups in total. The fraction of sp³-hybridized carbons (Fsp3) is 0.500. The maximum absolute atomic E-state index is 12.4. The van der Waals surface area contributed by atoms with E-state index in [9.17, 15) is 19.3 Å². The second-order valence-corrected chi connectivity index (χ2v) is 7.93. The lowest BCUT2D eigenvalue weighted by Gasteiger charge is -2.27. The molecule has 1 rings (SSSR count). The Hall–Kier alpha value is -2.09. The van der Waals surface area contributed by atoms with E-state index in [1.807, 2.05) is 0 Å². The third-order valence-corrected chi connectivity index (χ3v) is 4.13. The third kappa shape index (κ3) is 7.86. The van der Waals surface area contributed by atoms with Crippen molar-refractivity contribution >= 4 is 19.6 Å². The Kier molecular flexibility index (Phi) is 8.08. The Morgan fingerprint density at radius 3 is 2.23 bits per heavy atom. The van der Waals surface area contributed by atoms with Gasteiger partial charge in [-0.05, 0) is 23.6 Å². The Morgan fingerprint density at radius 2 is 1.81 bits per heavy atom. The van der Waals surface area contributed by atoms with E-state index in [0.717, 1.165) is 4.90 Å². The number of benzene rings is 1. The number of carboxylic acids is 1. The summed E-state index contributed by atoms with van der Waals surface area (Å²) < 4.78 is 16.3.